The zero-order valence-corrected chi connectivity index (χ0v) is 11.3. The van der Waals surface area contributed by atoms with Crippen molar-refractivity contribution in [2.75, 3.05) is 0 Å². The van der Waals surface area contributed by atoms with Crippen molar-refractivity contribution in [3.05, 3.63) is 0 Å². The number of ketones is 1. The lowest BCUT2D eigenvalue weighted by Gasteiger charge is -2.13. The molecule has 16 heavy (non-hydrogen) atoms. The van der Waals surface area contributed by atoms with Crippen LogP contribution in [0.25, 0.3) is 0 Å². The Morgan fingerprint density at radius 1 is 0.875 bits per heavy atom. The second-order valence-corrected chi connectivity index (χ2v) is 6.97. The second-order valence-electron chi connectivity index (χ2n) is 6.97. The molecule has 0 radical (unpaired) electrons. The lowest BCUT2D eigenvalue weighted by molar-refractivity contribution is -0.125. The highest BCUT2D eigenvalue weighted by molar-refractivity contribution is 5.88. The lowest BCUT2D eigenvalue weighted by Crippen LogP contribution is -2.19. The molecule has 92 valence electrons. The molecule has 0 amide bonds. The van der Waals surface area contributed by atoms with Crippen LogP contribution in [0.3, 0.4) is 0 Å². The van der Waals surface area contributed by atoms with Gasteiger partial charge >= 0.3 is 0 Å². The van der Waals surface area contributed by atoms with E-state index in [9.17, 15) is 4.79 Å². The Bertz CT molecular complexity index is 266. The highest BCUT2D eigenvalue weighted by Crippen LogP contribution is 2.69. The quantitative estimate of drug-likeness (QED) is 0.640. The largest absolute Gasteiger partial charge is 0.299 e. The van der Waals surface area contributed by atoms with Crippen LogP contribution >= 0.6 is 0 Å². The first kappa shape index (κ1) is 12.1. The van der Waals surface area contributed by atoms with E-state index in [1.165, 1.54) is 25.7 Å². The van der Waals surface area contributed by atoms with Crippen LogP contribution in [0, 0.1) is 22.7 Å². The third-order valence-electron chi connectivity index (χ3n) is 5.56. The molecule has 0 N–H and O–H groups in total. The molecule has 2 aliphatic rings. The molecule has 2 fully saturated rings. The lowest BCUT2D eigenvalue weighted by atomic mass is 9.90. The molecule has 2 aliphatic carbocycles. The van der Waals surface area contributed by atoms with E-state index < -0.39 is 0 Å². The summed E-state index contributed by atoms with van der Waals surface area (Å²) in [5, 5.41) is 0. The first-order valence-electron chi connectivity index (χ1n) is 6.93. The number of rotatable bonds is 2. The molecule has 0 saturated heterocycles. The molecule has 0 aromatic carbocycles. The van der Waals surface area contributed by atoms with Crippen LogP contribution in [-0.4, -0.2) is 5.78 Å². The minimum Gasteiger partial charge on any atom is -0.299 e. The van der Waals surface area contributed by atoms with E-state index in [4.69, 9.17) is 0 Å². The average molecular weight is 222 g/mol. The van der Waals surface area contributed by atoms with Gasteiger partial charge in [0.05, 0.1) is 0 Å². The van der Waals surface area contributed by atoms with E-state index in [1.54, 1.807) is 0 Å². The molecular formula is C15H26O. The minimum absolute atomic E-state index is 0.233. The number of Topliss-reactive ketones (excluding diaryl/α,β-unsaturated/α-hetero) is 1. The number of hydrogen-bond acceptors (Lipinski definition) is 1. The van der Waals surface area contributed by atoms with Gasteiger partial charge in [0.25, 0.3) is 0 Å². The van der Waals surface area contributed by atoms with Gasteiger partial charge in [-0.15, -0.1) is 0 Å². The summed E-state index contributed by atoms with van der Waals surface area (Å²) in [6, 6.07) is 0. The SMILES string of the molecule is CC1(C)C(C(=O)C2CCCCCC2)C1(C)C. The summed E-state index contributed by atoms with van der Waals surface area (Å²) in [4.78, 5) is 12.5. The molecule has 2 saturated carbocycles. The third kappa shape index (κ3) is 1.72. The van der Waals surface area contributed by atoms with Gasteiger partial charge in [0.1, 0.15) is 5.78 Å². The normalized spacial score (nSPS) is 29.8. The fourth-order valence-electron chi connectivity index (χ4n) is 3.71. The van der Waals surface area contributed by atoms with Gasteiger partial charge in [0.15, 0.2) is 0 Å². The van der Waals surface area contributed by atoms with E-state index in [2.05, 4.69) is 27.7 Å². The highest BCUT2D eigenvalue weighted by Gasteiger charge is 2.68. The molecule has 1 heteroatoms. The smallest absolute Gasteiger partial charge is 0.140 e. The van der Waals surface area contributed by atoms with E-state index in [0.29, 0.717) is 17.6 Å². The summed E-state index contributed by atoms with van der Waals surface area (Å²) in [6.07, 6.45) is 7.51. The van der Waals surface area contributed by atoms with Crippen LogP contribution in [-0.2, 0) is 4.79 Å². The molecule has 0 bridgehead atoms. The van der Waals surface area contributed by atoms with Crippen LogP contribution in [0.5, 0.6) is 0 Å². The fourth-order valence-corrected chi connectivity index (χ4v) is 3.71. The van der Waals surface area contributed by atoms with Crippen molar-refractivity contribution in [3.63, 3.8) is 0 Å². The molecule has 0 aromatic rings. The summed E-state index contributed by atoms with van der Waals surface area (Å²) >= 11 is 0. The predicted octanol–water partition coefficient (Wildman–Crippen LogP) is 4.21. The minimum atomic E-state index is 0.233. The fraction of sp³-hybridized carbons (Fsp3) is 0.933. The molecule has 0 aromatic heterocycles. The first-order valence-corrected chi connectivity index (χ1v) is 6.93. The van der Waals surface area contributed by atoms with E-state index in [1.807, 2.05) is 0 Å². The Hall–Kier alpha value is -0.330. The van der Waals surface area contributed by atoms with Crippen LogP contribution in [0.2, 0.25) is 0 Å². The molecule has 0 spiro atoms. The van der Waals surface area contributed by atoms with Gasteiger partial charge in [-0.05, 0) is 23.7 Å². The summed E-state index contributed by atoms with van der Waals surface area (Å²) in [5.74, 6) is 1.29. The first-order chi connectivity index (χ1) is 7.39. The van der Waals surface area contributed by atoms with Crippen molar-refractivity contribution in [1.82, 2.24) is 0 Å². The Labute approximate surface area is 100.0 Å². The molecule has 0 aliphatic heterocycles. The van der Waals surface area contributed by atoms with E-state index in [0.717, 1.165) is 12.8 Å². The molecule has 0 unspecified atom stereocenters. The molecule has 1 nitrogen and oxygen atoms in total. The Balaban J connectivity index is 2.03. The Morgan fingerprint density at radius 2 is 1.31 bits per heavy atom. The standard InChI is InChI=1S/C15H26O/c1-14(2)13(15(14,3)4)12(16)11-9-7-5-6-8-10-11/h11,13H,5-10H2,1-4H3. The van der Waals surface area contributed by atoms with Crippen LogP contribution < -0.4 is 0 Å². The van der Waals surface area contributed by atoms with Gasteiger partial charge in [-0.3, -0.25) is 4.79 Å². The highest BCUT2D eigenvalue weighted by atomic mass is 16.1. The van der Waals surface area contributed by atoms with Crippen molar-refractivity contribution >= 4 is 5.78 Å². The predicted molar refractivity (Wildman–Crippen MR) is 67.3 cm³/mol. The maximum Gasteiger partial charge on any atom is 0.140 e. The third-order valence-corrected chi connectivity index (χ3v) is 5.56. The number of hydrogen-bond donors (Lipinski definition) is 0. The monoisotopic (exact) mass is 222 g/mol. The topological polar surface area (TPSA) is 17.1 Å². The summed E-state index contributed by atoms with van der Waals surface area (Å²) in [6.45, 7) is 9.02. The van der Waals surface area contributed by atoms with Crippen molar-refractivity contribution in [1.29, 1.82) is 0 Å². The zero-order valence-electron chi connectivity index (χ0n) is 11.3. The molecule has 2 rings (SSSR count). The number of carbonyl (C=O) groups excluding carboxylic acids is 1. The van der Waals surface area contributed by atoms with Crippen molar-refractivity contribution in [2.24, 2.45) is 22.7 Å². The Kier molecular flexibility index (Phi) is 2.92. The molecule has 0 atom stereocenters. The van der Waals surface area contributed by atoms with Gasteiger partial charge in [-0.2, -0.15) is 0 Å². The summed E-state index contributed by atoms with van der Waals surface area (Å²) < 4.78 is 0. The number of carbonyl (C=O) groups is 1. The maximum absolute atomic E-state index is 12.5. The maximum atomic E-state index is 12.5. The molecule has 0 heterocycles. The Morgan fingerprint density at radius 3 is 1.69 bits per heavy atom. The van der Waals surface area contributed by atoms with Gasteiger partial charge in [-0.25, -0.2) is 0 Å². The van der Waals surface area contributed by atoms with Gasteiger partial charge in [0, 0.05) is 11.8 Å². The van der Waals surface area contributed by atoms with Crippen LogP contribution in [0.1, 0.15) is 66.2 Å². The van der Waals surface area contributed by atoms with E-state index >= 15 is 0 Å². The van der Waals surface area contributed by atoms with E-state index in [-0.39, 0.29) is 10.8 Å². The summed E-state index contributed by atoms with van der Waals surface area (Å²) in [7, 11) is 0. The van der Waals surface area contributed by atoms with Crippen LogP contribution in [0.4, 0.5) is 0 Å². The molecular weight excluding hydrogens is 196 g/mol. The van der Waals surface area contributed by atoms with Crippen molar-refractivity contribution in [2.45, 2.75) is 66.2 Å². The average Bonchev–Trinajstić information content (AvgIpc) is 2.73. The second kappa shape index (κ2) is 3.85. The van der Waals surface area contributed by atoms with Gasteiger partial charge in [-0.1, -0.05) is 53.4 Å². The van der Waals surface area contributed by atoms with Crippen molar-refractivity contribution < 1.29 is 4.79 Å². The van der Waals surface area contributed by atoms with Gasteiger partial charge in [0.2, 0.25) is 0 Å². The van der Waals surface area contributed by atoms with Crippen molar-refractivity contribution in [3.8, 4) is 0 Å². The zero-order chi connectivity index (χ0) is 12.0. The van der Waals surface area contributed by atoms with Crippen LogP contribution in [0.15, 0.2) is 0 Å². The summed E-state index contributed by atoms with van der Waals surface area (Å²) in [5.41, 5.74) is 0.465. The van der Waals surface area contributed by atoms with Gasteiger partial charge < -0.3 is 0 Å².